The molecule has 0 bridgehead atoms. The molecule has 1 nitrogen and oxygen atoms in total. The first-order valence-electron chi connectivity index (χ1n) is 5.99. The van der Waals surface area contributed by atoms with E-state index < -0.39 is 0 Å². The number of benzene rings is 1. The molecule has 0 spiro atoms. The monoisotopic (exact) mass is 203 g/mol. The molecular formula is C14H21N. The Bertz CT molecular complexity index is 324. The third kappa shape index (κ3) is 2.60. The van der Waals surface area contributed by atoms with Crippen molar-refractivity contribution < 1.29 is 0 Å². The van der Waals surface area contributed by atoms with Gasteiger partial charge in [-0.1, -0.05) is 30.7 Å². The van der Waals surface area contributed by atoms with E-state index in [1.165, 1.54) is 43.4 Å². The molecule has 1 unspecified atom stereocenters. The van der Waals surface area contributed by atoms with E-state index in [-0.39, 0.29) is 0 Å². The Morgan fingerprint density at radius 2 is 2.07 bits per heavy atom. The molecule has 1 atom stereocenters. The van der Waals surface area contributed by atoms with Crippen molar-refractivity contribution in [2.24, 2.45) is 0 Å². The van der Waals surface area contributed by atoms with Gasteiger partial charge in [0.25, 0.3) is 0 Å². The van der Waals surface area contributed by atoms with Crippen LogP contribution in [0.2, 0.25) is 0 Å². The predicted octanol–water partition coefficient (Wildman–Crippen LogP) is 3.07. The third-order valence-electron chi connectivity index (χ3n) is 3.55. The lowest BCUT2D eigenvalue weighted by Crippen LogP contribution is -2.47. The van der Waals surface area contributed by atoms with E-state index >= 15 is 0 Å². The molecular weight excluding hydrogens is 182 g/mol. The van der Waals surface area contributed by atoms with Gasteiger partial charge in [0.05, 0.1) is 0 Å². The fourth-order valence-electron chi connectivity index (χ4n) is 2.50. The number of aryl methyl sites for hydroxylation is 1. The zero-order chi connectivity index (χ0) is 10.7. The van der Waals surface area contributed by atoms with E-state index in [4.69, 9.17) is 0 Å². The maximum absolute atomic E-state index is 3.67. The van der Waals surface area contributed by atoms with Gasteiger partial charge >= 0.3 is 0 Å². The molecule has 1 N–H and O–H groups in total. The molecule has 1 aliphatic rings. The van der Waals surface area contributed by atoms with Crippen LogP contribution in [0.15, 0.2) is 24.3 Å². The van der Waals surface area contributed by atoms with E-state index in [1.54, 1.807) is 0 Å². The highest BCUT2D eigenvalue weighted by Crippen LogP contribution is 2.24. The zero-order valence-corrected chi connectivity index (χ0v) is 9.84. The first-order chi connectivity index (χ1) is 7.20. The summed E-state index contributed by atoms with van der Waals surface area (Å²) in [6, 6.07) is 8.74. The first-order valence-corrected chi connectivity index (χ1v) is 5.99. The van der Waals surface area contributed by atoms with Gasteiger partial charge in [-0.2, -0.15) is 0 Å². The minimum atomic E-state index is 0.324. The Morgan fingerprint density at radius 1 is 1.27 bits per heavy atom. The smallest absolute Gasteiger partial charge is 0.0193 e. The Hall–Kier alpha value is -0.820. The number of nitrogens with one attached hydrogen (secondary N) is 1. The molecule has 1 aromatic rings. The van der Waals surface area contributed by atoms with Crippen LogP contribution in [0.3, 0.4) is 0 Å². The lowest BCUT2D eigenvalue weighted by Gasteiger charge is -2.35. The summed E-state index contributed by atoms with van der Waals surface area (Å²) in [4.78, 5) is 0. The zero-order valence-electron chi connectivity index (χ0n) is 9.84. The van der Waals surface area contributed by atoms with Gasteiger partial charge in [0.2, 0.25) is 0 Å². The lowest BCUT2D eigenvalue weighted by atomic mass is 9.84. The molecule has 0 radical (unpaired) electrons. The van der Waals surface area contributed by atoms with Crippen LogP contribution in [0.5, 0.6) is 0 Å². The van der Waals surface area contributed by atoms with Crippen LogP contribution in [-0.4, -0.2) is 12.1 Å². The maximum atomic E-state index is 3.67. The molecule has 1 heteroatoms. The fraction of sp³-hybridized carbons (Fsp3) is 0.571. The SMILES string of the molecule is Cc1ccccc1CC1(C)CCCCN1. The predicted molar refractivity (Wildman–Crippen MR) is 65.1 cm³/mol. The Balaban J connectivity index is 2.10. The number of rotatable bonds is 2. The average Bonchev–Trinajstić information content (AvgIpc) is 2.22. The Labute approximate surface area is 92.9 Å². The molecule has 1 aromatic carbocycles. The summed E-state index contributed by atoms with van der Waals surface area (Å²) in [5, 5.41) is 3.67. The van der Waals surface area contributed by atoms with Gasteiger partial charge in [-0.25, -0.2) is 0 Å². The van der Waals surface area contributed by atoms with Crippen molar-refractivity contribution in [3.63, 3.8) is 0 Å². The van der Waals surface area contributed by atoms with E-state index in [2.05, 4.69) is 43.4 Å². The van der Waals surface area contributed by atoms with Crippen molar-refractivity contribution in [3.8, 4) is 0 Å². The van der Waals surface area contributed by atoms with Crippen LogP contribution in [0.25, 0.3) is 0 Å². The number of hydrogen-bond donors (Lipinski definition) is 1. The van der Waals surface area contributed by atoms with Crippen LogP contribution in [-0.2, 0) is 6.42 Å². The minimum Gasteiger partial charge on any atom is -0.311 e. The van der Waals surface area contributed by atoms with Crippen molar-refractivity contribution in [1.82, 2.24) is 5.32 Å². The highest BCUT2D eigenvalue weighted by Gasteiger charge is 2.26. The maximum Gasteiger partial charge on any atom is 0.0193 e. The molecule has 0 amide bonds. The number of hydrogen-bond acceptors (Lipinski definition) is 1. The molecule has 1 heterocycles. The molecule has 0 saturated carbocycles. The minimum absolute atomic E-state index is 0.324. The van der Waals surface area contributed by atoms with Crippen molar-refractivity contribution in [1.29, 1.82) is 0 Å². The quantitative estimate of drug-likeness (QED) is 0.779. The van der Waals surface area contributed by atoms with E-state index in [9.17, 15) is 0 Å². The summed E-state index contributed by atoms with van der Waals surface area (Å²) in [6.45, 7) is 5.75. The molecule has 1 aliphatic heterocycles. The van der Waals surface area contributed by atoms with Gasteiger partial charge in [0.15, 0.2) is 0 Å². The molecule has 82 valence electrons. The third-order valence-corrected chi connectivity index (χ3v) is 3.55. The van der Waals surface area contributed by atoms with Crippen molar-refractivity contribution in [3.05, 3.63) is 35.4 Å². The summed E-state index contributed by atoms with van der Waals surface area (Å²) >= 11 is 0. The summed E-state index contributed by atoms with van der Waals surface area (Å²) in [5.41, 5.74) is 3.24. The Morgan fingerprint density at radius 3 is 2.73 bits per heavy atom. The molecule has 1 saturated heterocycles. The van der Waals surface area contributed by atoms with Gasteiger partial charge in [-0.3, -0.25) is 0 Å². The lowest BCUT2D eigenvalue weighted by molar-refractivity contribution is 0.276. The van der Waals surface area contributed by atoms with Crippen LogP contribution >= 0.6 is 0 Å². The van der Waals surface area contributed by atoms with E-state index in [0.717, 1.165) is 0 Å². The van der Waals surface area contributed by atoms with E-state index in [0.29, 0.717) is 5.54 Å². The van der Waals surface area contributed by atoms with Crippen molar-refractivity contribution >= 4 is 0 Å². The molecule has 2 rings (SSSR count). The van der Waals surface area contributed by atoms with E-state index in [1.807, 2.05) is 0 Å². The van der Waals surface area contributed by atoms with Gasteiger partial charge in [-0.05, 0) is 50.8 Å². The first kappa shape index (κ1) is 10.7. The summed E-state index contributed by atoms with van der Waals surface area (Å²) in [6.07, 6.45) is 5.18. The molecule has 15 heavy (non-hydrogen) atoms. The van der Waals surface area contributed by atoms with Crippen LogP contribution in [0, 0.1) is 6.92 Å². The standard InChI is InChI=1S/C14H21N/c1-12-7-3-4-8-13(12)11-14(2)9-5-6-10-15-14/h3-4,7-8,15H,5-6,9-11H2,1-2H3. The van der Waals surface area contributed by atoms with Gasteiger partial charge in [0.1, 0.15) is 0 Å². The Kier molecular flexibility index (Phi) is 3.11. The second kappa shape index (κ2) is 4.36. The summed E-state index contributed by atoms with van der Waals surface area (Å²) in [5.74, 6) is 0. The van der Waals surface area contributed by atoms with Gasteiger partial charge < -0.3 is 5.32 Å². The van der Waals surface area contributed by atoms with Crippen molar-refractivity contribution in [2.75, 3.05) is 6.54 Å². The van der Waals surface area contributed by atoms with Gasteiger partial charge in [-0.15, -0.1) is 0 Å². The molecule has 0 aliphatic carbocycles. The fourth-order valence-corrected chi connectivity index (χ4v) is 2.50. The highest BCUT2D eigenvalue weighted by molar-refractivity contribution is 5.27. The van der Waals surface area contributed by atoms with Crippen molar-refractivity contribution in [2.45, 2.75) is 45.1 Å². The van der Waals surface area contributed by atoms with Crippen LogP contribution < -0.4 is 5.32 Å². The topological polar surface area (TPSA) is 12.0 Å². The highest BCUT2D eigenvalue weighted by atomic mass is 15.0. The largest absolute Gasteiger partial charge is 0.311 e. The second-order valence-corrected chi connectivity index (χ2v) is 5.05. The van der Waals surface area contributed by atoms with Crippen LogP contribution in [0.4, 0.5) is 0 Å². The normalized spacial score (nSPS) is 26.5. The molecule has 1 fully saturated rings. The summed E-state index contributed by atoms with van der Waals surface area (Å²) < 4.78 is 0. The average molecular weight is 203 g/mol. The summed E-state index contributed by atoms with van der Waals surface area (Å²) in [7, 11) is 0. The van der Waals surface area contributed by atoms with Gasteiger partial charge in [0, 0.05) is 5.54 Å². The number of piperidine rings is 1. The molecule has 0 aromatic heterocycles. The second-order valence-electron chi connectivity index (χ2n) is 5.05. The van der Waals surface area contributed by atoms with Crippen LogP contribution in [0.1, 0.15) is 37.3 Å².